The number of fused-ring (bicyclic) bond motifs is 1. The predicted molar refractivity (Wildman–Crippen MR) is 142 cm³/mol. The van der Waals surface area contributed by atoms with Gasteiger partial charge in [-0.05, 0) is 71.8 Å². The molecule has 198 valence electrons. The minimum Gasteiger partial charge on any atom is -0.376 e. The normalized spacial score (nSPS) is 19.3. The van der Waals surface area contributed by atoms with Gasteiger partial charge in [0.1, 0.15) is 5.82 Å². The minimum atomic E-state index is -0.371. The van der Waals surface area contributed by atoms with E-state index in [1.54, 1.807) is 10.7 Å². The van der Waals surface area contributed by atoms with Crippen molar-refractivity contribution in [2.45, 2.75) is 45.4 Å². The molecule has 2 aliphatic rings. The summed E-state index contributed by atoms with van der Waals surface area (Å²) in [6, 6.07) is 12.6. The van der Waals surface area contributed by atoms with Crippen molar-refractivity contribution in [3.05, 3.63) is 81.2 Å². The van der Waals surface area contributed by atoms with Crippen molar-refractivity contribution in [2.24, 2.45) is 0 Å². The number of aryl methyl sites for hydroxylation is 2. The van der Waals surface area contributed by atoms with Crippen molar-refractivity contribution in [3.63, 3.8) is 0 Å². The molecule has 2 fully saturated rings. The first-order valence-corrected chi connectivity index (χ1v) is 13.3. The number of ether oxygens (including phenoxy) is 1. The Hall–Kier alpha value is -3.63. The van der Waals surface area contributed by atoms with E-state index in [1.165, 1.54) is 11.0 Å². The van der Waals surface area contributed by atoms with Crippen LogP contribution in [0.15, 0.2) is 47.3 Å². The lowest BCUT2D eigenvalue weighted by Gasteiger charge is -2.37. The number of anilines is 1. The maximum atomic E-state index is 14.5. The highest BCUT2D eigenvalue weighted by Gasteiger charge is 2.37. The van der Waals surface area contributed by atoms with Gasteiger partial charge in [-0.25, -0.2) is 9.07 Å². The van der Waals surface area contributed by atoms with Gasteiger partial charge in [-0.2, -0.15) is 0 Å². The van der Waals surface area contributed by atoms with Crippen LogP contribution in [0.1, 0.15) is 41.4 Å². The number of hydrogen-bond donors (Lipinski definition) is 2. The maximum Gasteiger partial charge on any atom is 0.258 e. The number of para-hydroxylation sites is 1. The van der Waals surface area contributed by atoms with Gasteiger partial charge in [0, 0.05) is 6.61 Å². The van der Waals surface area contributed by atoms with Gasteiger partial charge < -0.3 is 19.5 Å². The fraction of sp³-hybridized carbons (Fsp3) is 0.429. The molecule has 2 unspecified atom stereocenters. The fourth-order valence-corrected chi connectivity index (χ4v) is 5.86. The number of quaternary nitrogens is 1. The highest BCUT2D eigenvalue weighted by atomic mass is 19.1. The molecule has 4 heterocycles. The standard InChI is InChI=1S/C28H32FN7O2/c1-18-9-10-20-16-22(28(37)30-25(20)19(18)2)26(27-31-32-33-36(27)17-21-6-5-15-38-21)35-13-11-34(12-14-35)24-8-4-3-7-23(24)29/h3-4,7-10,16,21,26H,5-6,11-15,17H2,1-2H3,(H,30,37)/p+1. The second-order valence-corrected chi connectivity index (χ2v) is 10.4. The van der Waals surface area contributed by atoms with Crippen LogP contribution in [0.2, 0.25) is 0 Å². The lowest BCUT2D eigenvalue weighted by Crippen LogP contribution is -3.15. The molecule has 38 heavy (non-hydrogen) atoms. The van der Waals surface area contributed by atoms with E-state index in [0.717, 1.165) is 41.5 Å². The van der Waals surface area contributed by atoms with Crippen LogP contribution in [-0.4, -0.2) is 64.1 Å². The Morgan fingerprint density at radius 2 is 2.00 bits per heavy atom. The van der Waals surface area contributed by atoms with Crippen LogP contribution in [0, 0.1) is 19.7 Å². The van der Waals surface area contributed by atoms with Gasteiger partial charge in [0.05, 0.1) is 55.6 Å². The number of pyridine rings is 1. The second-order valence-electron chi connectivity index (χ2n) is 10.4. The first-order valence-electron chi connectivity index (χ1n) is 13.3. The summed E-state index contributed by atoms with van der Waals surface area (Å²) in [7, 11) is 0. The number of rotatable bonds is 6. The first kappa shape index (κ1) is 24.7. The van der Waals surface area contributed by atoms with Crippen LogP contribution in [0.25, 0.3) is 10.9 Å². The van der Waals surface area contributed by atoms with E-state index < -0.39 is 0 Å². The molecule has 6 rings (SSSR count). The van der Waals surface area contributed by atoms with Gasteiger partial charge in [-0.15, -0.1) is 5.10 Å². The highest BCUT2D eigenvalue weighted by Crippen LogP contribution is 2.24. The molecule has 2 aromatic carbocycles. The van der Waals surface area contributed by atoms with Gasteiger partial charge in [-0.1, -0.05) is 24.3 Å². The summed E-state index contributed by atoms with van der Waals surface area (Å²) in [4.78, 5) is 20.0. The molecule has 2 atom stereocenters. The third kappa shape index (κ3) is 4.58. The van der Waals surface area contributed by atoms with Crippen molar-refractivity contribution in [2.75, 3.05) is 37.7 Å². The minimum absolute atomic E-state index is 0.0614. The largest absolute Gasteiger partial charge is 0.376 e. The van der Waals surface area contributed by atoms with E-state index in [-0.39, 0.29) is 23.5 Å². The number of benzene rings is 2. The van der Waals surface area contributed by atoms with Crippen molar-refractivity contribution >= 4 is 16.6 Å². The van der Waals surface area contributed by atoms with E-state index in [1.807, 2.05) is 32.0 Å². The zero-order chi connectivity index (χ0) is 26.2. The summed E-state index contributed by atoms with van der Waals surface area (Å²) in [5, 5.41) is 13.8. The van der Waals surface area contributed by atoms with Gasteiger partial charge in [0.15, 0.2) is 6.04 Å². The molecule has 0 radical (unpaired) electrons. The van der Waals surface area contributed by atoms with Crippen molar-refractivity contribution in [3.8, 4) is 0 Å². The van der Waals surface area contributed by atoms with Crippen LogP contribution in [0.3, 0.4) is 0 Å². The number of H-pyrrole nitrogens is 1. The molecule has 2 saturated heterocycles. The van der Waals surface area contributed by atoms with Crippen LogP contribution in [0.4, 0.5) is 10.1 Å². The van der Waals surface area contributed by atoms with E-state index in [4.69, 9.17) is 4.74 Å². The third-order valence-electron chi connectivity index (χ3n) is 8.12. The Morgan fingerprint density at radius 3 is 2.76 bits per heavy atom. The Kier molecular flexibility index (Phi) is 6.67. The molecule has 2 aromatic heterocycles. The quantitative estimate of drug-likeness (QED) is 0.405. The number of piperazine rings is 1. The first-order chi connectivity index (χ1) is 18.5. The number of hydrogen-bond acceptors (Lipinski definition) is 6. The number of aromatic amines is 1. The molecular formula is C28H33FN7O2+. The summed E-state index contributed by atoms with van der Waals surface area (Å²) in [6.45, 7) is 8.09. The molecule has 9 nitrogen and oxygen atoms in total. The molecule has 0 spiro atoms. The molecule has 10 heteroatoms. The summed E-state index contributed by atoms with van der Waals surface area (Å²) >= 11 is 0. The number of nitrogens with one attached hydrogen (secondary N) is 2. The second kappa shape index (κ2) is 10.3. The van der Waals surface area contributed by atoms with E-state index in [0.29, 0.717) is 49.8 Å². The van der Waals surface area contributed by atoms with Gasteiger partial charge in [0.25, 0.3) is 5.56 Å². The van der Waals surface area contributed by atoms with E-state index >= 15 is 0 Å². The summed E-state index contributed by atoms with van der Waals surface area (Å²) in [5.74, 6) is 0.438. The topological polar surface area (TPSA) is 93.4 Å². The van der Waals surface area contributed by atoms with Crippen molar-refractivity contribution < 1.29 is 14.0 Å². The van der Waals surface area contributed by atoms with Crippen LogP contribution in [-0.2, 0) is 11.3 Å². The van der Waals surface area contributed by atoms with Crippen LogP contribution in [0.5, 0.6) is 0 Å². The SMILES string of the molecule is Cc1ccc2cc(C(c3nnnn3CC3CCCO3)[NH+]3CCN(c4ccccc4F)CC3)c(=O)[nH]c2c1C. The van der Waals surface area contributed by atoms with Gasteiger partial charge in [0.2, 0.25) is 5.82 Å². The van der Waals surface area contributed by atoms with Crippen LogP contribution >= 0.6 is 0 Å². The van der Waals surface area contributed by atoms with E-state index in [9.17, 15) is 9.18 Å². The fourth-order valence-electron chi connectivity index (χ4n) is 5.86. The molecule has 2 N–H and O–H groups in total. The lowest BCUT2D eigenvalue weighted by atomic mass is 9.99. The monoisotopic (exact) mass is 518 g/mol. The molecule has 0 amide bonds. The number of halogens is 1. The zero-order valence-electron chi connectivity index (χ0n) is 21.8. The van der Waals surface area contributed by atoms with Gasteiger partial charge in [-0.3, -0.25) is 4.79 Å². The lowest BCUT2D eigenvalue weighted by molar-refractivity contribution is -0.927. The molecule has 0 saturated carbocycles. The third-order valence-corrected chi connectivity index (χ3v) is 8.12. The molecule has 2 aliphatic heterocycles. The average Bonchev–Trinajstić information content (AvgIpc) is 3.61. The average molecular weight is 519 g/mol. The Morgan fingerprint density at radius 1 is 1.18 bits per heavy atom. The number of tetrazole rings is 1. The van der Waals surface area contributed by atoms with E-state index in [2.05, 4.69) is 37.5 Å². The Balaban J connectivity index is 1.38. The van der Waals surface area contributed by atoms with Crippen molar-refractivity contribution in [1.29, 1.82) is 0 Å². The smallest absolute Gasteiger partial charge is 0.258 e. The Bertz CT molecular complexity index is 1500. The molecule has 4 aromatic rings. The van der Waals surface area contributed by atoms with Gasteiger partial charge >= 0.3 is 0 Å². The summed E-state index contributed by atoms with van der Waals surface area (Å²) in [5.41, 5.74) is 4.17. The predicted octanol–water partition coefficient (Wildman–Crippen LogP) is 1.94. The highest BCUT2D eigenvalue weighted by molar-refractivity contribution is 5.83. The van der Waals surface area contributed by atoms with Crippen LogP contribution < -0.4 is 15.4 Å². The summed E-state index contributed by atoms with van der Waals surface area (Å²) in [6.07, 6.45) is 2.05. The molecule has 0 aliphatic carbocycles. The molecular weight excluding hydrogens is 485 g/mol. The summed E-state index contributed by atoms with van der Waals surface area (Å²) < 4.78 is 22.2. The number of aromatic nitrogens is 5. The Labute approximate surface area is 220 Å². The maximum absolute atomic E-state index is 14.5. The van der Waals surface area contributed by atoms with Crippen molar-refractivity contribution in [1.82, 2.24) is 25.2 Å². The molecule has 0 bridgehead atoms. The number of nitrogens with zero attached hydrogens (tertiary/aromatic N) is 5. The zero-order valence-corrected chi connectivity index (χ0v) is 21.8.